The molecule has 0 unspecified atom stereocenters. The summed E-state index contributed by atoms with van der Waals surface area (Å²) < 4.78 is 22.6. The Labute approximate surface area is 156 Å². The molecule has 0 spiro atoms. The second-order valence-corrected chi connectivity index (χ2v) is 6.53. The largest absolute Gasteiger partial charge is 0.481 e. The van der Waals surface area contributed by atoms with E-state index in [1.165, 1.54) is 23.6 Å². The summed E-state index contributed by atoms with van der Waals surface area (Å²) in [5.74, 6) is 0.269. The van der Waals surface area contributed by atoms with Crippen LogP contribution in [0, 0.1) is 12.7 Å². The quantitative estimate of drug-likeness (QED) is 0.556. The van der Waals surface area contributed by atoms with Gasteiger partial charge in [0.2, 0.25) is 5.88 Å². The molecule has 26 heavy (non-hydrogen) atoms. The van der Waals surface area contributed by atoms with Crippen molar-refractivity contribution in [3.05, 3.63) is 77.7 Å². The SMILES string of the molecule is COc1ccc(NSc2cccc(F)c2NCc2ccccc2C)cn1. The lowest BCUT2D eigenvalue weighted by atomic mass is 10.1. The number of methoxy groups -OCH3 is 1. The Morgan fingerprint density at radius 3 is 2.65 bits per heavy atom. The van der Waals surface area contributed by atoms with E-state index in [0.29, 0.717) is 18.1 Å². The fourth-order valence-corrected chi connectivity index (χ4v) is 3.20. The average molecular weight is 369 g/mol. The smallest absolute Gasteiger partial charge is 0.213 e. The van der Waals surface area contributed by atoms with Gasteiger partial charge >= 0.3 is 0 Å². The number of pyridine rings is 1. The van der Waals surface area contributed by atoms with Crippen LogP contribution in [-0.4, -0.2) is 12.1 Å². The number of rotatable bonds is 7. The summed E-state index contributed by atoms with van der Waals surface area (Å²) in [5.41, 5.74) is 3.60. The molecule has 0 fully saturated rings. The number of hydrogen-bond acceptors (Lipinski definition) is 5. The lowest BCUT2D eigenvalue weighted by Crippen LogP contribution is -2.04. The van der Waals surface area contributed by atoms with Gasteiger partial charge in [-0.1, -0.05) is 30.3 Å². The van der Waals surface area contributed by atoms with E-state index in [-0.39, 0.29) is 5.82 Å². The van der Waals surface area contributed by atoms with Crippen molar-refractivity contribution >= 4 is 23.3 Å². The highest BCUT2D eigenvalue weighted by atomic mass is 32.2. The lowest BCUT2D eigenvalue weighted by molar-refractivity contribution is 0.398. The average Bonchev–Trinajstić information content (AvgIpc) is 2.67. The normalized spacial score (nSPS) is 10.4. The van der Waals surface area contributed by atoms with Gasteiger partial charge in [-0.15, -0.1) is 0 Å². The number of nitrogens with zero attached hydrogens (tertiary/aromatic N) is 1. The molecule has 1 aromatic heterocycles. The molecular weight excluding hydrogens is 349 g/mol. The summed E-state index contributed by atoms with van der Waals surface area (Å²) in [6.07, 6.45) is 1.67. The van der Waals surface area contributed by atoms with E-state index < -0.39 is 0 Å². The number of aryl methyl sites for hydroxylation is 1. The number of halogens is 1. The van der Waals surface area contributed by atoms with Crippen LogP contribution in [0.1, 0.15) is 11.1 Å². The Morgan fingerprint density at radius 1 is 1.08 bits per heavy atom. The fraction of sp³-hybridized carbons (Fsp3) is 0.150. The van der Waals surface area contributed by atoms with Crippen LogP contribution in [0.2, 0.25) is 0 Å². The molecule has 0 aliphatic heterocycles. The molecule has 4 nitrogen and oxygen atoms in total. The fourth-order valence-electron chi connectivity index (χ4n) is 2.43. The molecule has 1 heterocycles. The standard InChI is InChI=1S/C20H20FN3OS/c1-14-6-3-4-7-15(14)12-23-20-17(21)8-5-9-18(20)26-24-16-10-11-19(25-2)22-13-16/h3-11,13,23-24H,12H2,1-2H3. The van der Waals surface area contributed by atoms with Gasteiger partial charge < -0.3 is 14.8 Å². The summed E-state index contributed by atoms with van der Waals surface area (Å²) in [7, 11) is 1.57. The third-order valence-electron chi connectivity index (χ3n) is 3.92. The third kappa shape index (κ3) is 4.46. The van der Waals surface area contributed by atoms with E-state index in [1.54, 1.807) is 25.4 Å². The number of anilines is 2. The summed E-state index contributed by atoms with van der Waals surface area (Å²) >= 11 is 1.33. The van der Waals surface area contributed by atoms with Crippen LogP contribution >= 0.6 is 11.9 Å². The first-order valence-corrected chi connectivity index (χ1v) is 8.99. The summed E-state index contributed by atoms with van der Waals surface area (Å²) in [5, 5.41) is 3.22. The van der Waals surface area contributed by atoms with E-state index in [2.05, 4.69) is 15.0 Å². The molecule has 0 saturated heterocycles. The van der Waals surface area contributed by atoms with Crippen LogP contribution in [0.4, 0.5) is 15.8 Å². The van der Waals surface area contributed by atoms with Crippen LogP contribution in [-0.2, 0) is 6.54 Å². The molecule has 0 bridgehead atoms. The Bertz CT molecular complexity index is 871. The number of nitrogens with one attached hydrogen (secondary N) is 2. The summed E-state index contributed by atoms with van der Waals surface area (Å²) in [6.45, 7) is 2.61. The van der Waals surface area contributed by atoms with E-state index in [4.69, 9.17) is 4.74 Å². The predicted octanol–water partition coefficient (Wildman–Crippen LogP) is 5.27. The molecule has 0 saturated carbocycles. The van der Waals surface area contributed by atoms with Crippen LogP contribution in [0.25, 0.3) is 0 Å². The van der Waals surface area contributed by atoms with Gasteiger partial charge in [-0.2, -0.15) is 0 Å². The molecule has 0 radical (unpaired) electrons. The summed E-state index contributed by atoms with van der Waals surface area (Å²) in [4.78, 5) is 4.92. The first-order chi connectivity index (χ1) is 12.7. The van der Waals surface area contributed by atoms with Crippen molar-refractivity contribution in [1.29, 1.82) is 0 Å². The Kier molecular flexibility index (Phi) is 5.96. The number of para-hydroxylation sites is 1. The zero-order valence-electron chi connectivity index (χ0n) is 14.6. The maximum Gasteiger partial charge on any atom is 0.213 e. The van der Waals surface area contributed by atoms with Gasteiger partial charge in [0.15, 0.2) is 0 Å². The minimum atomic E-state index is -0.279. The highest BCUT2D eigenvalue weighted by Crippen LogP contribution is 2.31. The number of ether oxygens (including phenoxy) is 1. The Morgan fingerprint density at radius 2 is 1.92 bits per heavy atom. The van der Waals surface area contributed by atoms with Crippen molar-refractivity contribution in [3.63, 3.8) is 0 Å². The van der Waals surface area contributed by atoms with Crippen molar-refractivity contribution in [2.45, 2.75) is 18.4 Å². The first-order valence-electron chi connectivity index (χ1n) is 8.17. The lowest BCUT2D eigenvalue weighted by Gasteiger charge is -2.14. The van der Waals surface area contributed by atoms with Crippen molar-refractivity contribution in [1.82, 2.24) is 4.98 Å². The van der Waals surface area contributed by atoms with Crippen LogP contribution < -0.4 is 14.8 Å². The molecule has 3 aromatic rings. The van der Waals surface area contributed by atoms with Gasteiger partial charge in [-0.25, -0.2) is 9.37 Å². The number of hydrogen-bond donors (Lipinski definition) is 2. The maximum atomic E-state index is 14.3. The second-order valence-electron chi connectivity index (χ2n) is 5.69. The first kappa shape index (κ1) is 18.1. The van der Waals surface area contributed by atoms with Gasteiger partial charge in [0, 0.05) is 12.6 Å². The van der Waals surface area contributed by atoms with Gasteiger partial charge in [0.05, 0.1) is 29.6 Å². The molecule has 0 amide bonds. The molecule has 0 aliphatic rings. The Balaban J connectivity index is 1.71. The number of aromatic nitrogens is 1. The zero-order chi connectivity index (χ0) is 18.4. The molecule has 134 valence electrons. The van der Waals surface area contributed by atoms with Gasteiger partial charge in [-0.05, 0) is 48.2 Å². The van der Waals surface area contributed by atoms with Gasteiger partial charge in [0.25, 0.3) is 0 Å². The van der Waals surface area contributed by atoms with Crippen LogP contribution in [0.15, 0.2) is 65.7 Å². The predicted molar refractivity (Wildman–Crippen MR) is 105 cm³/mol. The number of benzene rings is 2. The molecule has 0 atom stereocenters. The topological polar surface area (TPSA) is 46.2 Å². The van der Waals surface area contributed by atoms with Gasteiger partial charge in [0.1, 0.15) is 5.82 Å². The van der Waals surface area contributed by atoms with Crippen molar-refractivity contribution in [3.8, 4) is 5.88 Å². The molecule has 6 heteroatoms. The minimum Gasteiger partial charge on any atom is -0.481 e. The molecule has 0 aliphatic carbocycles. The van der Waals surface area contributed by atoms with Crippen molar-refractivity contribution < 1.29 is 9.13 Å². The highest BCUT2D eigenvalue weighted by Gasteiger charge is 2.10. The molecular formula is C20H20FN3OS. The zero-order valence-corrected chi connectivity index (χ0v) is 15.4. The van der Waals surface area contributed by atoms with E-state index >= 15 is 0 Å². The van der Waals surface area contributed by atoms with Crippen molar-refractivity contribution in [2.75, 3.05) is 17.1 Å². The van der Waals surface area contributed by atoms with Crippen molar-refractivity contribution in [2.24, 2.45) is 0 Å². The molecule has 2 N–H and O–H groups in total. The molecule has 3 rings (SSSR count). The van der Waals surface area contributed by atoms with Gasteiger partial charge in [-0.3, -0.25) is 0 Å². The minimum absolute atomic E-state index is 0.279. The van der Waals surface area contributed by atoms with E-state index in [0.717, 1.165) is 16.1 Å². The maximum absolute atomic E-state index is 14.3. The summed E-state index contributed by atoms with van der Waals surface area (Å²) in [6, 6.07) is 16.7. The van der Waals surface area contributed by atoms with Crippen LogP contribution in [0.3, 0.4) is 0 Å². The molecule has 2 aromatic carbocycles. The van der Waals surface area contributed by atoms with Crippen LogP contribution in [0.5, 0.6) is 5.88 Å². The Hall–Kier alpha value is -2.73. The third-order valence-corrected chi connectivity index (χ3v) is 4.81. The second kappa shape index (κ2) is 8.58. The highest BCUT2D eigenvalue weighted by molar-refractivity contribution is 8.00. The van der Waals surface area contributed by atoms with E-state index in [9.17, 15) is 4.39 Å². The van der Waals surface area contributed by atoms with E-state index in [1.807, 2.05) is 43.3 Å². The monoisotopic (exact) mass is 369 g/mol.